The Kier molecular flexibility index (Phi) is 6.88. The van der Waals surface area contributed by atoms with Gasteiger partial charge in [0.05, 0.1) is 5.75 Å². The number of hydrogen-bond donors (Lipinski definition) is 2. The molecule has 94 valence electrons. The van der Waals surface area contributed by atoms with Crippen molar-refractivity contribution in [3.05, 3.63) is 0 Å². The Morgan fingerprint density at radius 1 is 1.50 bits per heavy atom. The number of carbonyl (C=O) groups is 1. The number of rotatable bonds is 7. The Bertz CT molecular complexity index is 211. The fourth-order valence-electron chi connectivity index (χ4n) is 2.11. The fourth-order valence-corrected chi connectivity index (χ4v) is 3.01. The van der Waals surface area contributed by atoms with Gasteiger partial charge in [-0.1, -0.05) is 19.8 Å². The molecule has 0 radical (unpaired) electrons. The summed E-state index contributed by atoms with van der Waals surface area (Å²) in [6.07, 6.45) is 5.56. The van der Waals surface area contributed by atoms with Gasteiger partial charge in [-0.15, -0.1) is 0 Å². The maximum absolute atomic E-state index is 11.6. The summed E-state index contributed by atoms with van der Waals surface area (Å²) in [6.45, 7) is 2.36. The summed E-state index contributed by atoms with van der Waals surface area (Å²) in [5.41, 5.74) is 0. The number of carbonyl (C=O) groups excluding carboxylic acids is 1. The summed E-state index contributed by atoms with van der Waals surface area (Å²) >= 11 is 1.70. The first-order chi connectivity index (χ1) is 7.77. The smallest absolute Gasteiger partial charge is 0.230 e. The Balaban J connectivity index is 2.13. The highest BCUT2D eigenvalue weighted by Gasteiger charge is 2.27. The zero-order valence-electron chi connectivity index (χ0n) is 10.1. The second-order valence-electron chi connectivity index (χ2n) is 4.45. The zero-order chi connectivity index (χ0) is 11.8. The van der Waals surface area contributed by atoms with E-state index in [4.69, 9.17) is 5.11 Å². The molecule has 1 amide bonds. The molecule has 16 heavy (non-hydrogen) atoms. The molecule has 1 rings (SSSR count). The van der Waals surface area contributed by atoms with E-state index in [0.29, 0.717) is 5.75 Å². The minimum absolute atomic E-state index is 0.131. The van der Waals surface area contributed by atoms with E-state index in [-0.39, 0.29) is 24.5 Å². The molecule has 4 heteroatoms. The molecule has 1 aliphatic carbocycles. The van der Waals surface area contributed by atoms with Gasteiger partial charge in [0.25, 0.3) is 0 Å². The number of aliphatic hydroxyl groups excluding tert-OH is 1. The van der Waals surface area contributed by atoms with Crippen molar-refractivity contribution in [2.45, 2.75) is 45.1 Å². The number of hydrogen-bond acceptors (Lipinski definition) is 3. The first-order valence-corrected chi connectivity index (χ1v) is 7.41. The number of amides is 1. The molecule has 0 aromatic rings. The summed E-state index contributed by atoms with van der Waals surface area (Å²) < 4.78 is 0. The highest BCUT2D eigenvalue weighted by molar-refractivity contribution is 7.99. The summed E-state index contributed by atoms with van der Waals surface area (Å²) in [5, 5.41) is 12.2. The van der Waals surface area contributed by atoms with Gasteiger partial charge in [0, 0.05) is 18.6 Å². The molecule has 0 saturated heterocycles. The SMILES string of the molecule is CCCCSCC(=O)NC1CCCC1CO. The van der Waals surface area contributed by atoms with Crippen molar-refractivity contribution in [3.8, 4) is 0 Å². The molecule has 3 nitrogen and oxygen atoms in total. The van der Waals surface area contributed by atoms with Crippen LogP contribution in [-0.2, 0) is 4.79 Å². The second-order valence-corrected chi connectivity index (χ2v) is 5.56. The van der Waals surface area contributed by atoms with Crippen LogP contribution in [0.5, 0.6) is 0 Å². The highest BCUT2D eigenvalue weighted by Crippen LogP contribution is 2.25. The predicted molar refractivity (Wildman–Crippen MR) is 68.6 cm³/mol. The topological polar surface area (TPSA) is 49.3 Å². The van der Waals surface area contributed by atoms with E-state index in [9.17, 15) is 4.79 Å². The molecular formula is C12H23NO2S. The third-order valence-corrected chi connectivity index (χ3v) is 4.16. The highest BCUT2D eigenvalue weighted by atomic mass is 32.2. The van der Waals surface area contributed by atoms with Crippen molar-refractivity contribution >= 4 is 17.7 Å². The average molecular weight is 245 g/mol. The van der Waals surface area contributed by atoms with Gasteiger partial charge in [-0.05, 0) is 25.0 Å². The molecule has 2 unspecified atom stereocenters. The fraction of sp³-hybridized carbons (Fsp3) is 0.917. The lowest BCUT2D eigenvalue weighted by Crippen LogP contribution is -2.39. The molecule has 0 spiro atoms. The molecule has 1 fully saturated rings. The molecule has 0 aromatic carbocycles. The van der Waals surface area contributed by atoms with E-state index in [1.54, 1.807) is 11.8 Å². The van der Waals surface area contributed by atoms with Crippen molar-refractivity contribution in [3.63, 3.8) is 0 Å². The normalized spacial score (nSPS) is 24.6. The molecule has 0 heterocycles. The molecular weight excluding hydrogens is 222 g/mol. The summed E-state index contributed by atoms with van der Waals surface area (Å²) in [7, 11) is 0. The lowest BCUT2D eigenvalue weighted by Gasteiger charge is -2.18. The zero-order valence-corrected chi connectivity index (χ0v) is 10.9. The molecule has 0 bridgehead atoms. The standard InChI is InChI=1S/C12H23NO2S/c1-2-3-7-16-9-12(15)13-11-6-4-5-10(11)8-14/h10-11,14H,2-9H2,1H3,(H,13,15). The van der Waals surface area contributed by atoms with Crippen LogP contribution in [0, 0.1) is 5.92 Å². The number of nitrogens with one attached hydrogen (secondary N) is 1. The van der Waals surface area contributed by atoms with E-state index in [0.717, 1.165) is 25.0 Å². The van der Waals surface area contributed by atoms with Crippen molar-refractivity contribution in [1.82, 2.24) is 5.32 Å². The van der Waals surface area contributed by atoms with Gasteiger partial charge in [0.15, 0.2) is 0 Å². The number of unbranched alkanes of at least 4 members (excludes halogenated alkanes) is 1. The predicted octanol–water partition coefficient (Wildman–Crippen LogP) is 1.80. The van der Waals surface area contributed by atoms with E-state index in [2.05, 4.69) is 12.2 Å². The third-order valence-electron chi connectivity index (χ3n) is 3.12. The number of thioether (sulfide) groups is 1. The van der Waals surface area contributed by atoms with Crippen LogP contribution < -0.4 is 5.32 Å². The van der Waals surface area contributed by atoms with E-state index < -0.39 is 0 Å². The van der Waals surface area contributed by atoms with Crippen molar-refractivity contribution in [2.75, 3.05) is 18.1 Å². The van der Waals surface area contributed by atoms with Crippen LogP contribution in [0.1, 0.15) is 39.0 Å². The quantitative estimate of drug-likeness (QED) is 0.672. The van der Waals surface area contributed by atoms with Crippen molar-refractivity contribution in [1.29, 1.82) is 0 Å². The largest absolute Gasteiger partial charge is 0.396 e. The second kappa shape index (κ2) is 7.96. The monoisotopic (exact) mass is 245 g/mol. The van der Waals surface area contributed by atoms with Crippen LogP contribution in [-0.4, -0.2) is 35.2 Å². The minimum atomic E-state index is 0.131. The molecule has 0 aliphatic heterocycles. The van der Waals surface area contributed by atoms with Crippen LogP contribution in [0.3, 0.4) is 0 Å². The van der Waals surface area contributed by atoms with E-state index in [1.807, 2.05) is 0 Å². The molecule has 1 aliphatic rings. The Hall–Kier alpha value is -0.220. The van der Waals surface area contributed by atoms with Crippen LogP contribution in [0.25, 0.3) is 0 Å². The summed E-state index contributed by atoms with van der Waals surface area (Å²) in [6, 6.07) is 0.212. The van der Waals surface area contributed by atoms with E-state index >= 15 is 0 Å². The molecule has 0 aromatic heterocycles. The van der Waals surface area contributed by atoms with Gasteiger partial charge in [-0.3, -0.25) is 4.79 Å². The van der Waals surface area contributed by atoms with Crippen LogP contribution >= 0.6 is 11.8 Å². The summed E-state index contributed by atoms with van der Waals surface area (Å²) in [4.78, 5) is 11.6. The van der Waals surface area contributed by atoms with Crippen LogP contribution in [0.2, 0.25) is 0 Å². The lowest BCUT2D eigenvalue weighted by atomic mass is 10.1. The van der Waals surface area contributed by atoms with Gasteiger partial charge in [-0.2, -0.15) is 11.8 Å². The first kappa shape index (κ1) is 13.8. The van der Waals surface area contributed by atoms with Gasteiger partial charge >= 0.3 is 0 Å². The average Bonchev–Trinajstić information content (AvgIpc) is 2.71. The van der Waals surface area contributed by atoms with Crippen molar-refractivity contribution in [2.24, 2.45) is 5.92 Å². The Labute approximate surface area is 102 Å². The van der Waals surface area contributed by atoms with Crippen molar-refractivity contribution < 1.29 is 9.90 Å². The molecule has 1 saturated carbocycles. The van der Waals surface area contributed by atoms with Gasteiger partial charge in [0.2, 0.25) is 5.91 Å². The van der Waals surface area contributed by atoms with Crippen LogP contribution in [0.15, 0.2) is 0 Å². The maximum Gasteiger partial charge on any atom is 0.230 e. The maximum atomic E-state index is 11.6. The Morgan fingerprint density at radius 3 is 3.00 bits per heavy atom. The van der Waals surface area contributed by atoms with Gasteiger partial charge in [0.1, 0.15) is 0 Å². The summed E-state index contributed by atoms with van der Waals surface area (Å²) in [5.74, 6) is 2.04. The third kappa shape index (κ3) is 4.74. The molecule has 2 atom stereocenters. The molecule has 2 N–H and O–H groups in total. The first-order valence-electron chi connectivity index (χ1n) is 6.26. The number of aliphatic hydroxyl groups is 1. The van der Waals surface area contributed by atoms with E-state index in [1.165, 1.54) is 12.8 Å². The minimum Gasteiger partial charge on any atom is -0.396 e. The van der Waals surface area contributed by atoms with Crippen LogP contribution in [0.4, 0.5) is 0 Å². The lowest BCUT2D eigenvalue weighted by molar-refractivity contribution is -0.119. The van der Waals surface area contributed by atoms with Gasteiger partial charge in [-0.25, -0.2) is 0 Å². The Morgan fingerprint density at radius 2 is 2.31 bits per heavy atom. The van der Waals surface area contributed by atoms with Gasteiger partial charge < -0.3 is 10.4 Å².